The number of aromatic nitrogens is 3. The monoisotopic (exact) mass is 214 g/mol. The molecule has 0 atom stereocenters. The third-order valence-electron chi connectivity index (χ3n) is 2.21. The van der Waals surface area contributed by atoms with Crippen molar-refractivity contribution in [2.24, 2.45) is 0 Å². The zero-order valence-corrected chi connectivity index (χ0v) is 9.27. The predicted octanol–water partition coefficient (Wildman–Crippen LogP) is 1.91. The SMILES string of the molecule is CCc1c[c]nc(-c2ccc(OC)cn2)n1. The Balaban J connectivity index is 2.34. The second-order valence-electron chi connectivity index (χ2n) is 3.25. The van der Waals surface area contributed by atoms with Crippen molar-refractivity contribution in [1.29, 1.82) is 0 Å². The van der Waals surface area contributed by atoms with E-state index in [1.165, 1.54) is 0 Å². The molecule has 0 amide bonds. The van der Waals surface area contributed by atoms with Gasteiger partial charge < -0.3 is 4.74 Å². The van der Waals surface area contributed by atoms with Gasteiger partial charge in [-0.2, -0.15) is 0 Å². The molecule has 0 fully saturated rings. The molecule has 4 nitrogen and oxygen atoms in total. The Morgan fingerprint density at radius 2 is 2.25 bits per heavy atom. The van der Waals surface area contributed by atoms with Crippen molar-refractivity contribution in [1.82, 2.24) is 15.0 Å². The number of methoxy groups -OCH3 is 1. The first-order valence-corrected chi connectivity index (χ1v) is 5.08. The molecular weight excluding hydrogens is 202 g/mol. The van der Waals surface area contributed by atoms with Crippen molar-refractivity contribution in [3.05, 3.63) is 36.3 Å². The van der Waals surface area contributed by atoms with Crippen molar-refractivity contribution in [2.45, 2.75) is 13.3 Å². The van der Waals surface area contributed by atoms with Gasteiger partial charge in [0.25, 0.3) is 0 Å². The van der Waals surface area contributed by atoms with Crippen molar-refractivity contribution in [2.75, 3.05) is 7.11 Å². The Morgan fingerprint density at radius 1 is 1.38 bits per heavy atom. The van der Waals surface area contributed by atoms with Gasteiger partial charge in [0.05, 0.1) is 19.5 Å². The summed E-state index contributed by atoms with van der Waals surface area (Å²) in [4.78, 5) is 12.7. The normalized spacial score (nSPS) is 10.1. The minimum Gasteiger partial charge on any atom is -0.495 e. The molecule has 0 unspecified atom stereocenters. The quantitative estimate of drug-likeness (QED) is 0.783. The van der Waals surface area contributed by atoms with E-state index >= 15 is 0 Å². The van der Waals surface area contributed by atoms with Crippen molar-refractivity contribution < 1.29 is 4.74 Å². The van der Waals surface area contributed by atoms with E-state index in [1.54, 1.807) is 19.4 Å². The van der Waals surface area contributed by atoms with Crippen LogP contribution in [0.3, 0.4) is 0 Å². The zero-order valence-electron chi connectivity index (χ0n) is 9.27. The van der Waals surface area contributed by atoms with Gasteiger partial charge in [0.1, 0.15) is 11.4 Å². The lowest BCUT2D eigenvalue weighted by atomic mass is 10.3. The molecule has 81 valence electrons. The molecule has 2 rings (SSSR count). The van der Waals surface area contributed by atoms with Crippen LogP contribution < -0.4 is 4.74 Å². The van der Waals surface area contributed by atoms with E-state index in [1.807, 2.05) is 19.1 Å². The molecule has 0 aliphatic heterocycles. The van der Waals surface area contributed by atoms with Gasteiger partial charge in [-0.25, -0.2) is 15.0 Å². The molecule has 0 saturated carbocycles. The Hall–Kier alpha value is -1.97. The average molecular weight is 214 g/mol. The summed E-state index contributed by atoms with van der Waals surface area (Å²) in [7, 11) is 1.61. The van der Waals surface area contributed by atoms with Gasteiger partial charge in [0.2, 0.25) is 0 Å². The predicted molar refractivity (Wildman–Crippen MR) is 60.0 cm³/mol. The summed E-state index contributed by atoms with van der Waals surface area (Å²) < 4.78 is 5.04. The number of aryl methyl sites for hydroxylation is 1. The lowest BCUT2D eigenvalue weighted by molar-refractivity contribution is 0.413. The fraction of sp³-hybridized carbons (Fsp3) is 0.250. The lowest BCUT2D eigenvalue weighted by Gasteiger charge is -2.02. The van der Waals surface area contributed by atoms with Gasteiger partial charge in [0, 0.05) is 5.69 Å². The Labute approximate surface area is 94.4 Å². The first-order chi connectivity index (χ1) is 7.83. The topological polar surface area (TPSA) is 47.9 Å². The van der Waals surface area contributed by atoms with Crippen LogP contribution in [0.5, 0.6) is 5.75 Å². The summed E-state index contributed by atoms with van der Waals surface area (Å²) in [5, 5.41) is 0. The van der Waals surface area contributed by atoms with E-state index in [2.05, 4.69) is 21.1 Å². The van der Waals surface area contributed by atoms with E-state index < -0.39 is 0 Å². The molecule has 4 heteroatoms. The van der Waals surface area contributed by atoms with E-state index in [0.717, 1.165) is 23.6 Å². The van der Waals surface area contributed by atoms with Crippen LogP contribution in [0.25, 0.3) is 11.5 Å². The van der Waals surface area contributed by atoms with Crippen LogP contribution >= 0.6 is 0 Å². The highest BCUT2D eigenvalue weighted by molar-refractivity contribution is 5.49. The molecule has 1 radical (unpaired) electrons. The van der Waals surface area contributed by atoms with Crippen LogP contribution in [0, 0.1) is 6.20 Å². The summed E-state index contributed by atoms with van der Waals surface area (Å²) in [6.07, 6.45) is 5.34. The van der Waals surface area contributed by atoms with Gasteiger partial charge in [0.15, 0.2) is 5.82 Å². The third kappa shape index (κ3) is 2.16. The van der Waals surface area contributed by atoms with Gasteiger partial charge in [-0.05, 0) is 24.6 Å². The van der Waals surface area contributed by atoms with Crippen LogP contribution in [0.4, 0.5) is 0 Å². The maximum atomic E-state index is 5.04. The van der Waals surface area contributed by atoms with Crippen LogP contribution in [0.1, 0.15) is 12.6 Å². The number of pyridine rings is 1. The molecule has 0 N–H and O–H groups in total. The summed E-state index contributed by atoms with van der Waals surface area (Å²) in [5.41, 5.74) is 1.69. The Bertz CT molecular complexity index is 468. The van der Waals surface area contributed by atoms with Gasteiger partial charge in [-0.1, -0.05) is 6.92 Å². The van der Waals surface area contributed by atoms with E-state index in [0.29, 0.717) is 5.82 Å². The maximum Gasteiger partial charge on any atom is 0.179 e. The van der Waals surface area contributed by atoms with Crippen LogP contribution in [-0.4, -0.2) is 22.1 Å². The Kier molecular flexibility index (Phi) is 3.10. The second kappa shape index (κ2) is 4.70. The molecule has 16 heavy (non-hydrogen) atoms. The van der Waals surface area contributed by atoms with Crippen molar-refractivity contribution in [3.63, 3.8) is 0 Å². The number of rotatable bonds is 3. The maximum absolute atomic E-state index is 5.04. The summed E-state index contributed by atoms with van der Waals surface area (Å²) in [6.45, 7) is 2.04. The van der Waals surface area contributed by atoms with Crippen LogP contribution in [-0.2, 0) is 6.42 Å². The minimum atomic E-state index is 0.599. The lowest BCUT2D eigenvalue weighted by Crippen LogP contribution is -1.95. The van der Waals surface area contributed by atoms with Gasteiger partial charge >= 0.3 is 0 Å². The molecule has 0 bridgehead atoms. The number of nitrogens with zero attached hydrogens (tertiary/aromatic N) is 3. The Morgan fingerprint density at radius 3 is 2.88 bits per heavy atom. The molecule has 2 aromatic heterocycles. The molecule has 0 aliphatic carbocycles. The summed E-state index contributed by atoms with van der Waals surface area (Å²) in [6, 6.07) is 5.46. The highest BCUT2D eigenvalue weighted by Gasteiger charge is 2.03. The summed E-state index contributed by atoms with van der Waals surface area (Å²) >= 11 is 0. The number of hydrogen-bond acceptors (Lipinski definition) is 4. The smallest absolute Gasteiger partial charge is 0.179 e. The van der Waals surface area contributed by atoms with Crippen molar-refractivity contribution in [3.8, 4) is 17.3 Å². The average Bonchev–Trinajstić information content (AvgIpc) is 2.39. The largest absolute Gasteiger partial charge is 0.495 e. The molecular formula is C12H12N3O. The molecule has 0 spiro atoms. The van der Waals surface area contributed by atoms with E-state index in [4.69, 9.17) is 4.74 Å². The molecule has 0 saturated heterocycles. The minimum absolute atomic E-state index is 0.599. The number of ether oxygens (including phenoxy) is 1. The van der Waals surface area contributed by atoms with Crippen molar-refractivity contribution >= 4 is 0 Å². The molecule has 2 heterocycles. The molecule has 0 aliphatic rings. The highest BCUT2D eigenvalue weighted by Crippen LogP contribution is 2.15. The molecule has 0 aromatic carbocycles. The third-order valence-corrected chi connectivity index (χ3v) is 2.21. The first kappa shape index (κ1) is 10.5. The zero-order chi connectivity index (χ0) is 11.4. The van der Waals surface area contributed by atoms with Crippen LogP contribution in [0.2, 0.25) is 0 Å². The molecule has 2 aromatic rings. The van der Waals surface area contributed by atoms with Gasteiger partial charge in [-0.15, -0.1) is 0 Å². The first-order valence-electron chi connectivity index (χ1n) is 5.08. The van der Waals surface area contributed by atoms with Gasteiger partial charge in [-0.3, -0.25) is 0 Å². The summed E-state index contributed by atoms with van der Waals surface area (Å²) in [5.74, 6) is 1.32. The van der Waals surface area contributed by atoms with Crippen LogP contribution in [0.15, 0.2) is 24.4 Å². The number of hydrogen-bond donors (Lipinski definition) is 0. The van der Waals surface area contributed by atoms with E-state index in [9.17, 15) is 0 Å². The van der Waals surface area contributed by atoms with E-state index in [-0.39, 0.29) is 0 Å². The fourth-order valence-electron chi connectivity index (χ4n) is 1.29. The second-order valence-corrected chi connectivity index (χ2v) is 3.25. The highest BCUT2D eigenvalue weighted by atomic mass is 16.5. The standard InChI is InChI=1S/C12H12N3O/c1-3-9-6-7-13-12(15-9)11-5-4-10(16-2)8-14-11/h4-6,8H,3H2,1-2H3. The fourth-order valence-corrected chi connectivity index (χ4v) is 1.29.